The molecule has 0 aromatic carbocycles. The van der Waals surface area contributed by atoms with Crippen molar-refractivity contribution >= 4 is 5.82 Å². The van der Waals surface area contributed by atoms with Gasteiger partial charge in [0.15, 0.2) is 5.82 Å². The molecule has 7 heteroatoms. The Hall–Kier alpha value is -3.09. The molecular weight excluding hydrogens is 340 g/mol. The van der Waals surface area contributed by atoms with E-state index in [0.717, 1.165) is 48.7 Å². The third kappa shape index (κ3) is 3.09. The topological polar surface area (TPSA) is 76.8 Å². The lowest BCUT2D eigenvalue weighted by molar-refractivity contribution is 0.333. The fourth-order valence-electron chi connectivity index (χ4n) is 3.84. The van der Waals surface area contributed by atoms with Crippen LogP contribution in [0.4, 0.5) is 5.82 Å². The number of hydrogen-bond donors (Lipinski definition) is 0. The molecule has 1 aliphatic carbocycles. The van der Waals surface area contributed by atoms with Gasteiger partial charge in [-0.15, -0.1) is 5.10 Å². The Morgan fingerprint density at radius 3 is 2.89 bits per heavy atom. The fraction of sp³-hybridized carbons (Fsp3) is 0.350. The van der Waals surface area contributed by atoms with E-state index in [1.54, 1.807) is 29.2 Å². The van der Waals surface area contributed by atoms with Crippen molar-refractivity contribution in [2.24, 2.45) is 5.92 Å². The second-order valence-electron chi connectivity index (χ2n) is 7.28. The molecule has 0 spiro atoms. The van der Waals surface area contributed by atoms with Crippen LogP contribution in [0.15, 0.2) is 47.5 Å². The molecule has 3 aromatic rings. The molecule has 0 bridgehead atoms. The van der Waals surface area contributed by atoms with E-state index >= 15 is 0 Å². The van der Waals surface area contributed by atoms with Crippen molar-refractivity contribution in [1.82, 2.24) is 25.0 Å². The molecule has 5 rings (SSSR count). The van der Waals surface area contributed by atoms with E-state index in [1.807, 2.05) is 12.1 Å². The maximum absolute atomic E-state index is 12.2. The number of anilines is 1. The minimum atomic E-state index is -0.0709. The SMILES string of the molecule is O=c1ccc(-c2cccnc2)nn1CC1CN(c2cc3c(nn2)CCC3)C1. The summed E-state index contributed by atoms with van der Waals surface area (Å²) in [6.07, 6.45) is 6.82. The molecule has 1 aliphatic heterocycles. The summed E-state index contributed by atoms with van der Waals surface area (Å²) in [5.74, 6) is 1.34. The Bertz CT molecular complexity index is 1030. The van der Waals surface area contributed by atoms with Gasteiger partial charge < -0.3 is 4.90 Å². The Balaban J connectivity index is 1.28. The second kappa shape index (κ2) is 6.57. The zero-order chi connectivity index (χ0) is 18.2. The quantitative estimate of drug-likeness (QED) is 0.705. The standard InChI is InChI=1S/C20H20N6O/c27-20-7-6-18(16-4-2-8-21-10-16)24-26(20)13-14-11-25(12-14)19-9-15-3-1-5-17(15)22-23-19/h2,4,6-10,14H,1,3,5,11-13H2. The van der Waals surface area contributed by atoms with Gasteiger partial charge in [-0.1, -0.05) is 0 Å². The Morgan fingerprint density at radius 2 is 2.04 bits per heavy atom. The molecule has 0 unspecified atom stereocenters. The monoisotopic (exact) mass is 360 g/mol. The Labute approximate surface area is 156 Å². The summed E-state index contributed by atoms with van der Waals surface area (Å²) in [5, 5.41) is 13.3. The summed E-state index contributed by atoms with van der Waals surface area (Å²) in [6.45, 7) is 2.36. The number of fused-ring (bicyclic) bond motifs is 1. The number of pyridine rings is 1. The molecule has 136 valence electrons. The lowest BCUT2D eigenvalue weighted by Crippen LogP contribution is -2.50. The third-order valence-corrected chi connectivity index (χ3v) is 5.34. The molecule has 1 saturated heterocycles. The summed E-state index contributed by atoms with van der Waals surface area (Å²) in [4.78, 5) is 18.6. The highest BCUT2D eigenvalue weighted by Crippen LogP contribution is 2.27. The zero-order valence-electron chi connectivity index (χ0n) is 15.0. The molecule has 7 nitrogen and oxygen atoms in total. The summed E-state index contributed by atoms with van der Waals surface area (Å²) in [5.41, 5.74) is 4.10. The van der Waals surface area contributed by atoms with E-state index in [1.165, 1.54) is 12.0 Å². The first-order chi connectivity index (χ1) is 13.3. The van der Waals surface area contributed by atoms with Gasteiger partial charge in [0.05, 0.1) is 17.9 Å². The van der Waals surface area contributed by atoms with E-state index in [9.17, 15) is 4.79 Å². The van der Waals surface area contributed by atoms with Gasteiger partial charge in [0.2, 0.25) is 0 Å². The van der Waals surface area contributed by atoms with E-state index in [2.05, 4.69) is 31.2 Å². The molecule has 0 radical (unpaired) electrons. The maximum atomic E-state index is 12.2. The number of aromatic nitrogens is 5. The minimum Gasteiger partial charge on any atom is -0.354 e. The largest absolute Gasteiger partial charge is 0.354 e. The third-order valence-electron chi connectivity index (χ3n) is 5.34. The smallest absolute Gasteiger partial charge is 0.266 e. The van der Waals surface area contributed by atoms with Crippen molar-refractivity contribution in [3.8, 4) is 11.3 Å². The summed E-state index contributed by atoms with van der Waals surface area (Å²) in [7, 11) is 0. The molecule has 0 atom stereocenters. The molecule has 4 heterocycles. The molecular formula is C20H20N6O. The van der Waals surface area contributed by atoms with Gasteiger partial charge in [-0.3, -0.25) is 9.78 Å². The first-order valence-electron chi connectivity index (χ1n) is 9.35. The summed E-state index contributed by atoms with van der Waals surface area (Å²) >= 11 is 0. The Morgan fingerprint density at radius 1 is 1.11 bits per heavy atom. The number of nitrogens with zero attached hydrogens (tertiary/aromatic N) is 6. The maximum Gasteiger partial charge on any atom is 0.266 e. The number of rotatable bonds is 4. The highest BCUT2D eigenvalue weighted by Gasteiger charge is 2.29. The summed E-state index contributed by atoms with van der Waals surface area (Å²) < 4.78 is 1.57. The fourth-order valence-corrected chi connectivity index (χ4v) is 3.84. The Kier molecular flexibility index (Phi) is 3.92. The van der Waals surface area contributed by atoms with Crippen LogP contribution < -0.4 is 10.5 Å². The lowest BCUT2D eigenvalue weighted by Gasteiger charge is -2.40. The molecule has 3 aromatic heterocycles. The van der Waals surface area contributed by atoms with Crippen molar-refractivity contribution in [3.63, 3.8) is 0 Å². The highest BCUT2D eigenvalue weighted by molar-refractivity contribution is 5.56. The van der Waals surface area contributed by atoms with Crippen LogP contribution in [0.5, 0.6) is 0 Å². The van der Waals surface area contributed by atoms with Gasteiger partial charge in [0.1, 0.15) is 0 Å². The van der Waals surface area contributed by atoms with Crippen molar-refractivity contribution in [3.05, 3.63) is 64.3 Å². The minimum absolute atomic E-state index is 0.0709. The summed E-state index contributed by atoms with van der Waals surface area (Å²) in [6, 6.07) is 9.33. The number of hydrogen-bond acceptors (Lipinski definition) is 6. The van der Waals surface area contributed by atoms with E-state index < -0.39 is 0 Å². The van der Waals surface area contributed by atoms with Gasteiger partial charge in [0.25, 0.3) is 5.56 Å². The van der Waals surface area contributed by atoms with Gasteiger partial charge >= 0.3 is 0 Å². The second-order valence-corrected chi connectivity index (χ2v) is 7.28. The highest BCUT2D eigenvalue weighted by atomic mass is 16.1. The van der Waals surface area contributed by atoms with Gasteiger partial charge in [-0.05, 0) is 49.1 Å². The van der Waals surface area contributed by atoms with Crippen LogP contribution in [-0.4, -0.2) is 38.1 Å². The van der Waals surface area contributed by atoms with E-state index in [4.69, 9.17) is 0 Å². The average Bonchev–Trinajstić information content (AvgIpc) is 3.14. The van der Waals surface area contributed by atoms with Gasteiger partial charge in [0, 0.05) is 43.0 Å². The molecule has 0 N–H and O–H groups in total. The van der Waals surface area contributed by atoms with Gasteiger partial charge in [-0.25, -0.2) is 4.68 Å². The van der Waals surface area contributed by atoms with Crippen LogP contribution in [0, 0.1) is 5.92 Å². The van der Waals surface area contributed by atoms with Crippen LogP contribution in [-0.2, 0) is 19.4 Å². The predicted molar refractivity (Wildman–Crippen MR) is 101 cm³/mol. The van der Waals surface area contributed by atoms with Crippen LogP contribution in [0.2, 0.25) is 0 Å². The zero-order valence-corrected chi connectivity index (χ0v) is 15.0. The first kappa shape index (κ1) is 16.1. The van der Waals surface area contributed by atoms with E-state index in [-0.39, 0.29) is 5.56 Å². The van der Waals surface area contributed by atoms with Crippen molar-refractivity contribution in [2.75, 3.05) is 18.0 Å². The molecule has 27 heavy (non-hydrogen) atoms. The predicted octanol–water partition coefficient (Wildman–Crippen LogP) is 1.72. The van der Waals surface area contributed by atoms with Crippen molar-refractivity contribution in [2.45, 2.75) is 25.8 Å². The number of aryl methyl sites for hydroxylation is 2. The first-order valence-corrected chi connectivity index (χ1v) is 9.35. The van der Waals surface area contributed by atoms with Crippen LogP contribution in [0.1, 0.15) is 17.7 Å². The molecule has 0 amide bonds. The molecule has 0 saturated carbocycles. The van der Waals surface area contributed by atoms with Crippen LogP contribution >= 0.6 is 0 Å². The normalized spacial score (nSPS) is 16.2. The molecule has 2 aliphatic rings. The van der Waals surface area contributed by atoms with E-state index in [0.29, 0.717) is 12.5 Å². The van der Waals surface area contributed by atoms with Crippen molar-refractivity contribution in [1.29, 1.82) is 0 Å². The van der Waals surface area contributed by atoms with Crippen LogP contribution in [0.3, 0.4) is 0 Å². The van der Waals surface area contributed by atoms with Crippen molar-refractivity contribution < 1.29 is 0 Å². The molecule has 1 fully saturated rings. The average molecular weight is 360 g/mol. The lowest BCUT2D eigenvalue weighted by atomic mass is 10.00. The van der Waals surface area contributed by atoms with Crippen LogP contribution in [0.25, 0.3) is 11.3 Å². The van der Waals surface area contributed by atoms with Gasteiger partial charge in [-0.2, -0.15) is 10.2 Å².